The molecule has 0 fully saturated rings. The maximum Gasteiger partial charge on any atom is 0.264 e. The maximum absolute atomic E-state index is 12.5. The van der Waals surface area contributed by atoms with Gasteiger partial charge in [-0.1, -0.05) is 29.8 Å². The van der Waals surface area contributed by atoms with Crippen molar-refractivity contribution < 1.29 is 18.3 Å². The third kappa shape index (κ3) is 4.41. The molecular weight excluding hydrogens is 402 g/mol. The van der Waals surface area contributed by atoms with Gasteiger partial charge in [-0.2, -0.15) is 5.10 Å². The molecule has 0 bridgehead atoms. The molecule has 3 rings (SSSR count). The summed E-state index contributed by atoms with van der Waals surface area (Å²) < 4.78 is 28.6. The summed E-state index contributed by atoms with van der Waals surface area (Å²) in [7, 11) is -4.10. The van der Waals surface area contributed by atoms with Crippen LogP contribution in [0.3, 0.4) is 0 Å². The highest BCUT2D eigenvalue weighted by atomic mass is 35.5. The summed E-state index contributed by atoms with van der Waals surface area (Å²) >= 11 is 5.89. The zero-order chi connectivity index (χ0) is 20.3. The molecule has 1 heterocycles. The van der Waals surface area contributed by atoms with E-state index in [9.17, 15) is 18.3 Å². The normalized spacial score (nSPS) is 11.4. The molecule has 2 N–H and O–H groups in total. The molecule has 0 unspecified atom stereocenters. The number of aliphatic hydroxyl groups excluding tert-OH is 1. The van der Waals surface area contributed by atoms with Crippen LogP contribution >= 0.6 is 11.6 Å². The summed E-state index contributed by atoms with van der Waals surface area (Å²) in [6.07, 6.45) is -0.171. The van der Waals surface area contributed by atoms with Gasteiger partial charge >= 0.3 is 0 Å². The number of sulfonamides is 1. The van der Waals surface area contributed by atoms with Crippen molar-refractivity contribution in [2.75, 3.05) is 0 Å². The molecule has 1 amide bonds. The van der Waals surface area contributed by atoms with Crippen LogP contribution in [0.4, 0.5) is 0 Å². The number of nitrogens with zero attached hydrogens (tertiary/aromatic N) is 2. The van der Waals surface area contributed by atoms with E-state index in [1.54, 1.807) is 17.7 Å². The number of hydrogen-bond donors (Lipinski definition) is 2. The van der Waals surface area contributed by atoms with Crippen LogP contribution in [-0.4, -0.2) is 29.2 Å². The Balaban J connectivity index is 1.81. The minimum absolute atomic E-state index is 0.151. The van der Waals surface area contributed by atoms with Crippen molar-refractivity contribution in [2.24, 2.45) is 0 Å². The Labute approximate surface area is 167 Å². The summed E-state index contributed by atoms with van der Waals surface area (Å²) in [5.74, 6) is -0.697. The van der Waals surface area contributed by atoms with E-state index in [1.165, 1.54) is 18.2 Å². The summed E-state index contributed by atoms with van der Waals surface area (Å²) in [5, 5.41) is 13.9. The fourth-order valence-electron chi connectivity index (χ4n) is 2.72. The number of amides is 1. The molecule has 0 aliphatic carbocycles. The van der Waals surface area contributed by atoms with E-state index in [0.29, 0.717) is 11.4 Å². The summed E-state index contributed by atoms with van der Waals surface area (Å²) in [4.78, 5) is 12.3. The number of benzene rings is 2. The molecule has 0 atom stereocenters. The predicted octanol–water partition coefficient (Wildman–Crippen LogP) is 2.37. The Kier molecular flexibility index (Phi) is 5.83. The molecule has 146 valence electrons. The lowest BCUT2D eigenvalue weighted by Gasteiger charge is -2.10. The molecule has 0 saturated carbocycles. The number of aromatic nitrogens is 2. The second-order valence-corrected chi connectivity index (χ2v) is 8.23. The van der Waals surface area contributed by atoms with Gasteiger partial charge < -0.3 is 5.11 Å². The Morgan fingerprint density at radius 3 is 2.57 bits per heavy atom. The molecule has 0 aliphatic rings. The fraction of sp³-hybridized carbons (Fsp3) is 0.158. The number of carbonyl (C=O) groups excluding carboxylic acids is 1. The van der Waals surface area contributed by atoms with Gasteiger partial charge in [0.25, 0.3) is 10.0 Å². The number of halogens is 1. The molecule has 7 nitrogen and oxygen atoms in total. The quantitative estimate of drug-likeness (QED) is 0.638. The highest BCUT2D eigenvalue weighted by Gasteiger charge is 2.20. The third-order valence-electron chi connectivity index (χ3n) is 3.99. The monoisotopic (exact) mass is 419 g/mol. The number of aliphatic hydroxyl groups is 1. The molecule has 0 radical (unpaired) electrons. The Bertz CT molecular complexity index is 1110. The lowest BCUT2D eigenvalue weighted by Crippen LogP contribution is -2.32. The minimum Gasteiger partial charge on any atom is -0.392 e. The number of rotatable bonds is 6. The van der Waals surface area contributed by atoms with E-state index in [-0.39, 0.29) is 21.9 Å². The molecule has 9 heteroatoms. The summed E-state index contributed by atoms with van der Waals surface area (Å²) in [6, 6.07) is 14.8. The number of carbonyl (C=O) groups is 1. The molecule has 2 aromatic carbocycles. The number of para-hydroxylation sites is 1. The lowest BCUT2D eigenvalue weighted by molar-refractivity contribution is -0.118. The first-order valence-electron chi connectivity index (χ1n) is 8.36. The van der Waals surface area contributed by atoms with Crippen molar-refractivity contribution >= 4 is 27.5 Å². The van der Waals surface area contributed by atoms with E-state index < -0.39 is 22.5 Å². The Morgan fingerprint density at radius 1 is 1.18 bits per heavy atom. The topological polar surface area (TPSA) is 101 Å². The van der Waals surface area contributed by atoms with E-state index in [4.69, 9.17) is 11.6 Å². The average Bonchev–Trinajstić information content (AvgIpc) is 3.02. The highest BCUT2D eigenvalue weighted by Crippen LogP contribution is 2.20. The van der Waals surface area contributed by atoms with Crippen LogP contribution in [0.25, 0.3) is 5.69 Å². The van der Waals surface area contributed by atoms with Crippen molar-refractivity contribution in [3.8, 4) is 5.69 Å². The first kappa shape index (κ1) is 20.1. The second kappa shape index (κ2) is 8.14. The molecule has 0 aliphatic heterocycles. The van der Waals surface area contributed by atoms with Gasteiger partial charge in [-0.3, -0.25) is 4.79 Å². The van der Waals surface area contributed by atoms with Crippen LogP contribution in [-0.2, 0) is 27.8 Å². The van der Waals surface area contributed by atoms with Crippen molar-refractivity contribution in [3.63, 3.8) is 0 Å². The number of hydrogen-bond acceptors (Lipinski definition) is 5. The van der Waals surface area contributed by atoms with Gasteiger partial charge in [0, 0.05) is 5.02 Å². The first-order chi connectivity index (χ1) is 13.3. The van der Waals surface area contributed by atoms with Gasteiger partial charge in [0.1, 0.15) is 0 Å². The zero-order valence-corrected chi connectivity index (χ0v) is 16.5. The molecule has 0 spiro atoms. The van der Waals surface area contributed by atoms with Gasteiger partial charge in [-0.05, 0) is 48.9 Å². The smallest absolute Gasteiger partial charge is 0.264 e. The number of aryl methyl sites for hydroxylation is 1. The first-order valence-corrected chi connectivity index (χ1v) is 10.2. The maximum atomic E-state index is 12.5. The van der Waals surface area contributed by atoms with E-state index in [1.807, 2.05) is 35.1 Å². The van der Waals surface area contributed by atoms with Gasteiger partial charge in [0.15, 0.2) is 0 Å². The van der Waals surface area contributed by atoms with Gasteiger partial charge in [0.05, 0.1) is 35.0 Å². The van der Waals surface area contributed by atoms with Crippen molar-refractivity contribution in [2.45, 2.75) is 24.8 Å². The zero-order valence-electron chi connectivity index (χ0n) is 15.0. The van der Waals surface area contributed by atoms with E-state index >= 15 is 0 Å². The standard InChI is InChI=1S/C19H18ClN3O4S/c1-13-9-16(23(21-13)15-5-3-2-4-6-15)11-19(25)22-28(26,27)17-7-8-18(20)14(10-17)12-24/h2-10,24H,11-12H2,1H3,(H,22,25). The SMILES string of the molecule is Cc1cc(CC(=O)NS(=O)(=O)c2ccc(Cl)c(CO)c2)n(-c2ccccc2)n1. The van der Waals surface area contributed by atoms with Gasteiger partial charge in [-0.15, -0.1) is 0 Å². The van der Waals surface area contributed by atoms with E-state index in [0.717, 1.165) is 5.69 Å². The average molecular weight is 420 g/mol. The lowest BCUT2D eigenvalue weighted by atomic mass is 10.2. The van der Waals surface area contributed by atoms with Crippen LogP contribution in [0, 0.1) is 6.92 Å². The summed E-state index contributed by atoms with van der Waals surface area (Å²) in [6.45, 7) is 1.38. The van der Waals surface area contributed by atoms with Crippen LogP contribution in [0.1, 0.15) is 17.0 Å². The Hall–Kier alpha value is -2.68. The predicted molar refractivity (Wildman–Crippen MR) is 105 cm³/mol. The van der Waals surface area contributed by atoms with Gasteiger partial charge in [0.2, 0.25) is 5.91 Å². The van der Waals surface area contributed by atoms with Crippen molar-refractivity contribution in [1.29, 1.82) is 0 Å². The van der Waals surface area contributed by atoms with Crippen LogP contribution < -0.4 is 4.72 Å². The van der Waals surface area contributed by atoms with Crippen LogP contribution in [0.15, 0.2) is 59.5 Å². The molecular formula is C19H18ClN3O4S. The minimum atomic E-state index is -4.10. The van der Waals surface area contributed by atoms with E-state index in [2.05, 4.69) is 5.10 Å². The fourth-order valence-corrected chi connectivity index (χ4v) is 3.93. The van der Waals surface area contributed by atoms with Crippen molar-refractivity contribution in [3.05, 3.63) is 76.6 Å². The molecule has 0 saturated heterocycles. The van der Waals surface area contributed by atoms with Crippen LogP contribution in [0.2, 0.25) is 5.02 Å². The van der Waals surface area contributed by atoms with Crippen LogP contribution in [0.5, 0.6) is 0 Å². The number of nitrogens with one attached hydrogen (secondary N) is 1. The van der Waals surface area contributed by atoms with Crippen molar-refractivity contribution in [1.82, 2.24) is 14.5 Å². The largest absolute Gasteiger partial charge is 0.392 e. The highest BCUT2D eigenvalue weighted by molar-refractivity contribution is 7.90. The Morgan fingerprint density at radius 2 is 1.89 bits per heavy atom. The van der Waals surface area contributed by atoms with Gasteiger partial charge in [-0.25, -0.2) is 17.8 Å². The second-order valence-electron chi connectivity index (χ2n) is 6.14. The summed E-state index contributed by atoms with van der Waals surface area (Å²) in [5.41, 5.74) is 2.30. The molecule has 28 heavy (non-hydrogen) atoms. The molecule has 3 aromatic rings. The molecule has 1 aromatic heterocycles. The third-order valence-corrected chi connectivity index (χ3v) is 5.73.